The lowest BCUT2D eigenvalue weighted by Gasteiger charge is -2.07. The van der Waals surface area contributed by atoms with Gasteiger partial charge in [0.2, 0.25) is 0 Å². The molecule has 0 saturated heterocycles. The standard InChI is InChI=1S/C8H5BrClF2NO2/c9-6-3(2-10)1-4(8(14)15)5(13-6)7(11)12/h1,7H,2H2,(H,14,15). The normalized spacial score (nSPS) is 10.7. The number of carboxylic acids is 1. The first-order valence-electron chi connectivity index (χ1n) is 3.74. The number of carbonyl (C=O) groups is 1. The molecule has 0 fully saturated rings. The minimum absolute atomic E-state index is 0.00260. The van der Waals surface area contributed by atoms with Gasteiger partial charge in [0.25, 0.3) is 6.43 Å². The first-order valence-corrected chi connectivity index (χ1v) is 5.06. The summed E-state index contributed by atoms with van der Waals surface area (Å²) in [6, 6.07) is 1.09. The second-order valence-electron chi connectivity index (χ2n) is 2.61. The Hall–Kier alpha value is -0.750. The third kappa shape index (κ3) is 2.63. The monoisotopic (exact) mass is 299 g/mol. The highest BCUT2D eigenvalue weighted by Crippen LogP contribution is 2.26. The number of aromatic carboxylic acids is 1. The quantitative estimate of drug-likeness (QED) is 0.689. The number of pyridine rings is 1. The van der Waals surface area contributed by atoms with Crippen LogP contribution in [0.15, 0.2) is 10.7 Å². The average Bonchev–Trinajstić information content (AvgIpc) is 2.16. The third-order valence-corrected chi connectivity index (χ3v) is 2.63. The van der Waals surface area contributed by atoms with Crippen molar-refractivity contribution < 1.29 is 18.7 Å². The molecule has 1 heterocycles. The highest BCUT2D eigenvalue weighted by atomic mass is 79.9. The summed E-state index contributed by atoms with van der Waals surface area (Å²) < 4.78 is 25.0. The van der Waals surface area contributed by atoms with Crippen molar-refractivity contribution in [2.24, 2.45) is 0 Å². The van der Waals surface area contributed by atoms with Gasteiger partial charge in [0.05, 0.1) is 11.4 Å². The summed E-state index contributed by atoms with van der Waals surface area (Å²) in [5, 5.41) is 8.69. The van der Waals surface area contributed by atoms with E-state index in [4.69, 9.17) is 16.7 Å². The van der Waals surface area contributed by atoms with E-state index in [0.717, 1.165) is 6.07 Å². The fourth-order valence-electron chi connectivity index (χ4n) is 0.977. The Morgan fingerprint density at radius 3 is 2.67 bits per heavy atom. The maximum absolute atomic E-state index is 12.4. The summed E-state index contributed by atoms with van der Waals surface area (Å²) >= 11 is 8.43. The average molecular weight is 300 g/mol. The number of hydrogen-bond acceptors (Lipinski definition) is 2. The van der Waals surface area contributed by atoms with E-state index in [1.165, 1.54) is 0 Å². The van der Waals surface area contributed by atoms with Gasteiger partial charge in [-0.15, -0.1) is 11.6 Å². The zero-order valence-electron chi connectivity index (χ0n) is 7.18. The molecule has 3 nitrogen and oxygen atoms in total. The Morgan fingerprint density at radius 1 is 1.67 bits per heavy atom. The van der Waals surface area contributed by atoms with Crippen molar-refractivity contribution in [3.05, 3.63) is 27.5 Å². The van der Waals surface area contributed by atoms with Gasteiger partial charge >= 0.3 is 5.97 Å². The van der Waals surface area contributed by atoms with Crippen LogP contribution in [0.4, 0.5) is 8.78 Å². The Balaban J connectivity index is 3.39. The summed E-state index contributed by atoms with van der Waals surface area (Å²) in [4.78, 5) is 14.1. The first kappa shape index (κ1) is 12.3. The molecular formula is C8H5BrClF2NO2. The van der Waals surface area contributed by atoms with E-state index in [-0.39, 0.29) is 10.5 Å². The van der Waals surface area contributed by atoms with Crippen LogP contribution < -0.4 is 0 Å². The van der Waals surface area contributed by atoms with Crippen molar-refractivity contribution in [3.63, 3.8) is 0 Å². The molecule has 0 unspecified atom stereocenters. The van der Waals surface area contributed by atoms with Gasteiger partial charge in [-0.2, -0.15) is 0 Å². The molecule has 1 aromatic heterocycles. The highest BCUT2D eigenvalue weighted by molar-refractivity contribution is 9.10. The van der Waals surface area contributed by atoms with Gasteiger partial charge in [-0.25, -0.2) is 18.6 Å². The van der Waals surface area contributed by atoms with Gasteiger partial charge in [-0.05, 0) is 22.0 Å². The molecule has 0 spiro atoms. The van der Waals surface area contributed by atoms with E-state index >= 15 is 0 Å². The van der Waals surface area contributed by atoms with Crippen LogP contribution in [0.2, 0.25) is 0 Å². The van der Waals surface area contributed by atoms with Gasteiger partial charge in [-0.1, -0.05) is 0 Å². The lowest BCUT2D eigenvalue weighted by molar-refractivity contribution is 0.0682. The smallest absolute Gasteiger partial charge is 0.337 e. The molecule has 0 saturated carbocycles. The molecule has 0 aliphatic carbocycles. The molecule has 1 N–H and O–H groups in total. The zero-order chi connectivity index (χ0) is 11.6. The second kappa shape index (κ2) is 4.85. The maximum Gasteiger partial charge on any atom is 0.337 e. The van der Waals surface area contributed by atoms with Crippen molar-refractivity contribution >= 4 is 33.5 Å². The molecule has 0 aliphatic rings. The second-order valence-corrected chi connectivity index (χ2v) is 3.63. The Bertz CT molecular complexity index is 400. The third-order valence-electron chi connectivity index (χ3n) is 1.66. The molecular weight excluding hydrogens is 295 g/mol. The zero-order valence-corrected chi connectivity index (χ0v) is 9.52. The van der Waals surface area contributed by atoms with E-state index in [9.17, 15) is 13.6 Å². The number of aromatic nitrogens is 1. The van der Waals surface area contributed by atoms with Crippen LogP contribution in [0.3, 0.4) is 0 Å². The number of halogens is 4. The van der Waals surface area contributed by atoms with Crippen LogP contribution in [0.1, 0.15) is 28.0 Å². The number of nitrogens with zero attached hydrogens (tertiary/aromatic N) is 1. The number of carboxylic acid groups (broad SMARTS) is 1. The predicted octanol–water partition coefficient (Wildman–Crippen LogP) is 3.22. The van der Waals surface area contributed by atoms with E-state index in [1.807, 2.05) is 0 Å². The fraction of sp³-hybridized carbons (Fsp3) is 0.250. The highest BCUT2D eigenvalue weighted by Gasteiger charge is 2.21. The van der Waals surface area contributed by atoms with Crippen LogP contribution in [0.5, 0.6) is 0 Å². The van der Waals surface area contributed by atoms with Gasteiger partial charge in [0, 0.05) is 5.56 Å². The van der Waals surface area contributed by atoms with Crippen molar-refractivity contribution in [3.8, 4) is 0 Å². The van der Waals surface area contributed by atoms with Crippen LogP contribution in [-0.2, 0) is 5.88 Å². The van der Waals surface area contributed by atoms with Crippen LogP contribution in [0.25, 0.3) is 0 Å². The summed E-state index contributed by atoms with van der Waals surface area (Å²) in [6.07, 6.45) is -2.93. The SMILES string of the molecule is O=C(O)c1cc(CCl)c(Br)nc1C(F)F. The molecule has 0 radical (unpaired) electrons. The number of hydrogen-bond donors (Lipinski definition) is 1. The van der Waals surface area contributed by atoms with Gasteiger partial charge in [0.15, 0.2) is 0 Å². The Kier molecular flexibility index (Phi) is 3.98. The molecule has 0 atom stereocenters. The van der Waals surface area contributed by atoms with Crippen molar-refractivity contribution in [1.82, 2.24) is 4.98 Å². The minimum Gasteiger partial charge on any atom is -0.478 e. The summed E-state index contributed by atoms with van der Waals surface area (Å²) in [7, 11) is 0. The van der Waals surface area contributed by atoms with Crippen molar-refractivity contribution in [2.45, 2.75) is 12.3 Å². The van der Waals surface area contributed by atoms with E-state index in [1.54, 1.807) is 0 Å². The van der Waals surface area contributed by atoms with E-state index in [0.29, 0.717) is 5.56 Å². The summed E-state index contributed by atoms with van der Waals surface area (Å²) in [5.41, 5.74) is -0.925. The lowest BCUT2D eigenvalue weighted by atomic mass is 10.1. The number of rotatable bonds is 3. The molecule has 1 aromatic rings. The predicted molar refractivity (Wildman–Crippen MR) is 53.4 cm³/mol. The Labute approximate surface area is 97.2 Å². The first-order chi connectivity index (χ1) is 6.97. The van der Waals surface area contributed by atoms with Crippen molar-refractivity contribution in [2.75, 3.05) is 0 Å². The van der Waals surface area contributed by atoms with Crippen LogP contribution in [-0.4, -0.2) is 16.1 Å². The lowest BCUT2D eigenvalue weighted by Crippen LogP contribution is -2.07. The molecule has 82 valence electrons. The van der Waals surface area contributed by atoms with Crippen molar-refractivity contribution in [1.29, 1.82) is 0 Å². The molecule has 1 rings (SSSR count). The Morgan fingerprint density at radius 2 is 2.27 bits per heavy atom. The van der Waals surface area contributed by atoms with Gasteiger partial charge < -0.3 is 5.11 Å². The molecule has 0 bridgehead atoms. The van der Waals surface area contributed by atoms with E-state index in [2.05, 4.69) is 20.9 Å². The van der Waals surface area contributed by atoms with Gasteiger partial charge in [-0.3, -0.25) is 0 Å². The summed E-state index contributed by atoms with van der Waals surface area (Å²) in [6.45, 7) is 0. The van der Waals surface area contributed by atoms with Gasteiger partial charge in [0.1, 0.15) is 10.3 Å². The maximum atomic E-state index is 12.4. The summed E-state index contributed by atoms with van der Waals surface area (Å²) in [5.74, 6) is -1.45. The molecule has 7 heteroatoms. The number of alkyl halides is 3. The van der Waals surface area contributed by atoms with Crippen LogP contribution in [0, 0.1) is 0 Å². The fourth-order valence-corrected chi connectivity index (χ4v) is 1.79. The van der Waals surface area contributed by atoms with E-state index < -0.39 is 23.7 Å². The largest absolute Gasteiger partial charge is 0.478 e. The minimum atomic E-state index is -2.93. The topological polar surface area (TPSA) is 50.2 Å². The molecule has 0 amide bonds. The molecule has 15 heavy (non-hydrogen) atoms. The van der Waals surface area contributed by atoms with Crippen LogP contribution >= 0.6 is 27.5 Å². The molecule has 0 aromatic carbocycles. The molecule has 0 aliphatic heterocycles.